The van der Waals surface area contributed by atoms with Gasteiger partial charge in [-0.1, -0.05) is 0 Å². The van der Waals surface area contributed by atoms with Gasteiger partial charge in [0.2, 0.25) is 0 Å². The van der Waals surface area contributed by atoms with Crippen molar-refractivity contribution in [3.63, 3.8) is 0 Å². The van der Waals surface area contributed by atoms with Crippen molar-refractivity contribution in [1.29, 1.82) is 0 Å². The Morgan fingerprint density at radius 3 is 2.83 bits per heavy atom. The zero-order valence-corrected chi connectivity index (χ0v) is 11.3. The predicted molar refractivity (Wildman–Crippen MR) is 69.4 cm³/mol. The highest BCUT2D eigenvalue weighted by Crippen LogP contribution is 2.13. The highest BCUT2D eigenvalue weighted by Gasteiger charge is 2.29. The van der Waals surface area contributed by atoms with Crippen LogP contribution < -0.4 is 5.32 Å². The lowest BCUT2D eigenvalue weighted by atomic mass is 10.0. The summed E-state index contributed by atoms with van der Waals surface area (Å²) in [7, 11) is 0. The van der Waals surface area contributed by atoms with Gasteiger partial charge in [0, 0.05) is 31.4 Å². The molecule has 0 aromatic carbocycles. The molecular weight excluding hydrogens is 257 g/mol. The number of halogens is 2. The quantitative estimate of drug-likeness (QED) is 0.843. The van der Waals surface area contributed by atoms with E-state index in [2.05, 4.69) is 10.3 Å². The number of amides is 1. The molecule has 1 aromatic heterocycles. The molecule has 100 valence electrons. The second-order valence-electron chi connectivity index (χ2n) is 4.93. The smallest absolute Gasteiger partial charge is 0.255 e. The molecule has 1 amide bonds. The normalized spacial score (nSPS) is 18.1. The van der Waals surface area contributed by atoms with Gasteiger partial charge in [0.15, 0.2) is 0 Å². The molecule has 1 aliphatic heterocycles. The number of hydrogen-bond acceptors (Lipinski definition) is 3. The average molecular weight is 274 g/mol. The SMILES string of the molecule is CC1(C)CN(C(=O)c2cncc(F)c2)CCN1.Cl. The first kappa shape index (κ1) is 14.9. The van der Waals surface area contributed by atoms with Crippen LogP contribution in [0.5, 0.6) is 0 Å². The number of hydrogen-bond donors (Lipinski definition) is 1. The van der Waals surface area contributed by atoms with Crippen molar-refractivity contribution in [2.24, 2.45) is 0 Å². The Kier molecular flexibility index (Phi) is 4.65. The molecule has 1 aromatic rings. The number of piperazine rings is 1. The first-order valence-corrected chi connectivity index (χ1v) is 5.63. The van der Waals surface area contributed by atoms with Crippen LogP contribution in [0, 0.1) is 5.82 Å². The van der Waals surface area contributed by atoms with Gasteiger partial charge in [0.25, 0.3) is 5.91 Å². The van der Waals surface area contributed by atoms with Gasteiger partial charge in [-0.25, -0.2) is 4.39 Å². The van der Waals surface area contributed by atoms with Crippen LogP contribution in [0.2, 0.25) is 0 Å². The van der Waals surface area contributed by atoms with Gasteiger partial charge in [-0.15, -0.1) is 12.4 Å². The topological polar surface area (TPSA) is 45.2 Å². The highest BCUT2D eigenvalue weighted by molar-refractivity contribution is 5.94. The fourth-order valence-electron chi connectivity index (χ4n) is 2.03. The van der Waals surface area contributed by atoms with Gasteiger partial charge in [-0.05, 0) is 19.9 Å². The Morgan fingerprint density at radius 2 is 2.22 bits per heavy atom. The summed E-state index contributed by atoms with van der Waals surface area (Å²) in [5, 5.41) is 3.32. The predicted octanol–water partition coefficient (Wildman–Crippen LogP) is 1.47. The second kappa shape index (κ2) is 5.63. The molecule has 1 N–H and O–H groups in total. The van der Waals surface area contributed by atoms with E-state index in [0.29, 0.717) is 18.7 Å². The summed E-state index contributed by atoms with van der Waals surface area (Å²) in [5.41, 5.74) is 0.206. The van der Waals surface area contributed by atoms with Crippen LogP contribution in [0.1, 0.15) is 24.2 Å². The van der Waals surface area contributed by atoms with Gasteiger partial charge >= 0.3 is 0 Å². The van der Waals surface area contributed by atoms with E-state index >= 15 is 0 Å². The Labute approximate surface area is 112 Å². The first-order valence-electron chi connectivity index (χ1n) is 5.63. The molecule has 0 atom stereocenters. The van der Waals surface area contributed by atoms with Crippen LogP contribution in [0.3, 0.4) is 0 Å². The molecule has 2 heterocycles. The lowest BCUT2D eigenvalue weighted by molar-refractivity contribution is 0.0651. The van der Waals surface area contributed by atoms with Crippen molar-refractivity contribution < 1.29 is 9.18 Å². The van der Waals surface area contributed by atoms with E-state index in [4.69, 9.17) is 0 Å². The summed E-state index contributed by atoms with van der Waals surface area (Å²) < 4.78 is 13.0. The molecular formula is C12H17ClFN3O. The van der Waals surface area contributed by atoms with E-state index in [9.17, 15) is 9.18 Å². The molecule has 6 heteroatoms. The molecule has 1 saturated heterocycles. The highest BCUT2D eigenvalue weighted by atomic mass is 35.5. The van der Waals surface area contributed by atoms with Crippen molar-refractivity contribution >= 4 is 18.3 Å². The Morgan fingerprint density at radius 1 is 1.50 bits per heavy atom. The molecule has 0 bridgehead atoms. The zero-order chi connectivity index (χ0) is 12.5. The van der Waals surface area contributed by atoms with E-state index in [0.717, 1.165) is 12.7 Å². The number of aromatic nitrogens is 1. The fraction of sp³-hybridized carbons (Fsp3) is 0.500. The van der Waals surface area contributed by atoms with E-state index < -0.39 is 5.82 Å². The third-order valence-corrected chi connectivity index (χ3v) is 2.81. The lowest BCUT2D eigenvalue weighted by Crippen LogP contribution is -2.58. The number of nitrogens with one attached hydrogen (secondary N) is 1. The number of carbonyl (C=O) groups is 1. The minimum atomic E-state index is -0.481. The van der Waals surface area contributed by atoms with Crippen molar-refractivity contribution in [2.75, 3.05) is 19.6 Å². The number of carbonyl (C=O) groups excluding carboxylic acids is 1. The van der Waals surface area contributed by atoms with Crippen LogP contribution in [-0.2, 0) is 0 Å². The van der Waals surface area contributed by atoms with Gasteiger partial charge in [0.1, 0.15) is 5.82 Å². The molecule has 18 heavy (non-hydrogen) atoms. The van der Waals surface area contributed by atoms with Gasteiger partial charge in [-0.2, -0.15) is 0 Å². The van der Waals surface area contributed by atoms with Crippen LogP contribution in [0.25, 0.3) is 0 Å². The number of pyridine rings is 1. The van der Waals surface area contributed by atoms with Crippen molar-refractivity contribution in [2.45, 2.75) is 19.4 Å². The standard InChI is InChI=1S/C12H16FN3O.ClH/c1-12(2)8-16(4-3-15-12)11(17)9-5-10(13)7-14-6-9;/h5-7,15H,3-4,8H2,1-2H3;1H. The molecule has 0 unspecified atom stereocenters. The largest absolute Gasteiger partial charge is 0.335 e. The van der Waals surface area contributed by atoms with Gasteiger partial charge in [-0.3, -0.25) is 9.78 Å². The summed E-state index contributed by atoms with van der Waals surface area (Å²) >= 11 is 0. The van der Waals surface area contributed by atoms with Crippen LogP contribution >= 0.6 is 12.4 Å². The summed E-state index contributed by atoms with van der Waals surface area (Å²) in [6.07, 6.45) is 2.50. The molecule has 0 radical (unpaired) electrons. The zero-order valence-electron chi connectivity index (χ0n) is 10.4. The van der Waals surface area contributed by atoms with Gasteiger partial charge in [0.05, 0.1) is 11.8 Å². The summed E-state index contributed by atoms with van der Waals surface area (Å²) in [6.45, 7) is 6.08. The maximum absolute atomic E-state index is 13.0. The van der Waals surface area contributed by atoms with Crippen LogP contribution in [0.15, 0.2) is 18.5 Å². The third-order valence-electron chi connectivity index (χ3n) is 2.81. The fourth-order valence-corrected chi connectivity index (χ4v) is 2.03. The van der Waals surface area contributed by atoms with Gasteiger partial charge < -0.3 is 10.2 Å². The molecule has 0 aliphatic carbocycles. The van der Waals surface area contributed by atoms with Crippen LogP contribution in [-0.4, -0.2) is 41.0 Å². The minimum Gasteiger partial charge on any atom is -0.335 e. The summed E-state index contributed by atoms with van der Waals surface area (Å²) in [5.74, 6) is -0.642. The van der Waals surface area contributed by atoms with E-state index in [1.54, 1.807) is 4.90 Å². The summed E-state index contributed by atoms with van der Waals surface area (Å²) in [4.78, 5) is 17.6. The number of nitrogens with zero attached hydrogens (tertiary/aromatic N) is 2. The Hall–Kier alpha value is -1.20. The second-order valence-corrected chi connectivity index (χ2v) is 4.93. The van der Waals surface area contributed by atoms with Crippen molar-refractivity contribution in [3.05, 3.63) is 29.8 Å². The van der Waals surface area contributed by atoms with E-state index in [1.807, 2.05) is 13.8 Å². The molecule has 0 spiro atoms. The number of rotatable bonds is 1. The molecule has 1 aliphatic rings. The minimum absolute atomic E-state index is 0. The Bertz CT molecular complexity index is 439. The monoisotopic (exact) mass is 273 g/mol. The molecule has 4 nitrogen and oxygen atoms in total. The molecule has 2 rings (SSSR count). The van der Waals surface area contributed by atoms with Crippen LogP contribution in [0.4, 0.5) is 4.39 Å². The summed E-state index contributed by atoms with van der Waals surface area (Å²) in [6, 6.07) is 1.23. The first-order chi connectivity index (χ1) is 7.98. The molecule has 0 saturated carbocycles. The van der Waals surface area contributed by atoms with Crippen molar-refractivity contribution in [1.82, 2.24) is 15.2 Å². The molecule has 1 fully saturated rings. The van der Waals surface area contributed by atoms with E-state index in [-0.39, 0.29) is 23.9 Å². The maximum Gasteiger partial charge on any atom is 0.255 e. The maximum atomic E-state index is 13.0. The Balaban J connectivity index is 0.00000162. The van der Waals surface area contributed by atoms with E-state index in [1.165, 1.54) is 12.3 Å². The lowest BCUT2D eigenvalue weighted by Gasteiger charge is -2.39. The van der Waals surface area contributed by atoms with Crippen molar-refractivity contribution in [3.8, 4) is 0 Å². The average Bonchev–Trinajstić information content (AvgIpc) is 2.26. The third kappa shape index (κ3) is 3.40.